The zero-order chi connectivity index (χ0) is 22.3. The van der Waals surface area contributed by atoms with Gasteiger partial charge in [-0.3, -0.25) is 0 Å². The number of nitrogens with one attached hydrogen (secondary N) is 4. The standard InChI is InChI=1S/C24H46N4/c1-15-17(25-21(3,4)5)19(27-23(9,10)11)16(2)20(28-24(12,13)14)18(15)26-22(6,7)8/h25-28H,1-14H3. The Morgan fingerprint density at radius 1 is 0.357 bits per heavy atom. The summed E-state index contributed by atoms with van der Waals surface area (Å²) in [4.78, 5) is 0. The third kappa shape index (κ3) is 7.44. The zero-order valence-electron chi connectivity index (χ0n) is 21.0. The van der Waals surface area contributed by atoms with Gasteiger partial charge < -0.3 is 21.3 Å². The van der Waals surface area contributed by atoms with Crippen LogP contribution in [0.15, 0.2) is 0 Å². The van der Waals surface area contributed by atoms with E-state index in [1.54, 1.807) is 0 Å². The predicted octanol–water partition coefficient (Wildman–Crippen LogP) is 7.15. The van der Waals surface area contributed by atoms with Crippen LogP contribution < -0.4 is 21.3 Å². The van der Waals surface area contributed by atoms with E-state index in [-0.39, 0.29) is 22.2 Å². The minimum Gasteiger partial charge on any atom is -0.378 e. The minimum absolute atomic E-state index is 0.0382. The lowest BCUT2D eigenvalue weighted by Gasteiger charge is -2.36. The van der Waals surface area contributed by atoms with Crippen LogP contribution in [0.5, 0.6) is 0 Å². The summed E-state index contributed by atoms with van der Waals surface area (Å²) >= 11 is 0. The van der Waals surface area contributed by atoms with Crippen LogP contribution in [0.4, 0.5) is 22.7 Å². The van der Waals surface area contributed by atoms with Gasteiger partial charge in [0.2, 0.25) is 0 Å². The van der Waals surface area contributed by atoms with Crippen LogP contribution >= 0.6 is 0 Å². The highest BCUT2D eigenvalue weighted by atomic mass is 15.1. The number of rotatable bonds is 4. The van der Waals surface area contributed by atoms with Crippen LogP contribution in [-0.2, 0) is 0 Å². The van der Waals surface area contributed by atoms with Crippen molar-refractivity contribution in [2.75, 3.05) is 21.3 Å². The Morgan fingerprint density at radius 3 is 0.607 bits per heavy atom. The van der Waals surface area contributed by atoms with Crippen molar-refractivity contribution in [3.63, 3.8) is 0 Å². The van der Waals surface area contributed by atoms with Crippen molar-refractivity contribution < 1.29 is 0 Å². The minimum atomic E-state index is -0.0382. The topological polar surface area (TPSA) is 48.1 Å². The van der Waals surface area contributed by atoms with Gasteiger partial charge in [-0.05, 0) is 108 Å². The second-order valence-electron chi connectivity index (χ2n) is 12.2. The Kier molecular flexibility index (Phi) is 6.71. The Bertz CT molecular complexity index is 572. The second-order valence-corrected chi connectivity index (χ2v) is 12.2. The summed E-state index contributed by atoms with van der Waals surface area (Å²) in [6.45, 7) is 30.9. The fourth-order valence-corrected chi connectivity index (χ4v) is 3.12. The molecule has 0 aliphatic rings. The first-order chi connectivity index (χ1) is 12.2. The van der Waals surface area contributed by atoms with Gasteiger partial charge in [0.05, 0.1) is 22.7 Å². The maximum atomic E-state index is 3.77. The molecule has 0 radical (unpaired) electrons. The molecule has 0 bridgehead atoms. The van der Waals surface area contributed by atoms with Crippen molar-refractivity contribution in [3.8, 4) is 0 Å². The highest BCUT2D eigenvalue weighted by molar-refractivity contribution is 5.93. The number of hydrogen-bond acceptors (Lipinski definition) is 4. The first-order valence-electron chi connectivity index (χ1n) is 10.5. The summed E-state index contributed by atoms with van der Waals surface area (Å²) in [7, 11) is 0. The molecule has 1 aromatic rings. The molecule has 0 heterocycles. The fourth-order valence-electron chi connectivity index (χ4n) is 3.12. The van der Waals surface area contributed by atoms with E-state index in [1.807, 2.05) is 0 Å². The van der Waals surface area contributed by atoms with Crippen molar-refractivity contribution in [2.24, 2.45) is 0 Å². The van der Waals surface area contributed by atoms with Crippen LogP contribution in [-0.4, -0.2) is 22.2 Å². The predicted molar refractivity (Wildman–Crippen MR) is 129 cm³/mol. The molecule has 0 unspecified atom stereocenters. The summed E-state index contributed by atoms with van der Waals surface area (Å²) in [5, 5.41) is 15.1. The van der Waals surface area contributed by atoms with E-state index in [1.165, 1.54) is 33.9 Å². The second kappa shape index (κ2) is 7.68. The van der Waals surface area contributed by atoms with Gasteiger partial charge in [0.15, 0.2) is 0 Å². The van der Waals surface area contributed by atoms with Crippen LogP contribution in [0, 0.1) is 13.8 Å². The number of benzene rings is 1. The van der Waals surface area contributed by atoms with Crippen LogP contribution in [0.2, 0.25) is 0 Å². The summed E-state index contributed by atoms with van der Waals surface area (Å²) < 4.78 is 0. The molecule has 1 rings (SSSR count). The van der Waals surface area contributed by atoms with Crippen LogP contribution in [0.25, 0.3) is 0 Å². The number of hydrogen-bond donors (Lipinski definition) is 4. The van der Waals surface area contributed by atoms with Crippen molar-refractivity contribution in [1.82, 2.24) is 0 Å². The Labute approximate surface area is 174 Å². The summed E-state index contributed by atoms with van der Waals surface area (Å²) in [5.74, 6) is 0. The molecule has 0 amide bonds. The van der Waals surface area contributed by atoms with E-state index in [2.05, 4.69) is 118 Å². The molecule has 4 N–H and O–H groups in total. The van der Waals surface area contributed by atoms with E-state index >= 15 is 0 Å². The van der Waals surface area contributed by atoms with Crippen molar-refractivity contribution in [2.45, 2.75) is 119 Å². The molecule has 0 atom stereocenters. The van der Waals surface area contributed by atoms with Gasteiger partial charge in [0.1, 0.15) is 0 Å². The van der Waals surface area contributed by atoms with E-state index in [4.69, 9.17) is 0 Å². The quantitative estimate of drug-likeness (QED) is 0.441. The van der Waals surface area contributed by atoms with Gasteiger partial charge in [-0.15, -0.1) is 0 Å². The van der Waals surface area contributed by atoms with E-state index in [9.17, 15) is 0 Å². The van der Waals surface area contributed by atoms with E-state index < -0.39 is 0 Å². The number of anilines is 4. The summed E-state index contributed by atoms with van der Waals surface area (Å²) in [6.07, 6.45) is 0. The Hall–Kier alpha value is -1.58. The van der Waals surface area contributed by atoms with Gasteiger partial charge in [-0.1, -0.05) is 0 Å². The third-order valence-corrected chi connectivity index (χ3v) is 4.00. The van der Waals surface area contributed by atoms with Crippen molar-refractivity contribution in [3.05, 3.63) is 11.1 Å². The van der Waals surface area contributed by atoms with Gasteiger partial charge >= 0.3 is 0 Å². The van der Waals surface area contributed by atoms with Crippen LogP contribution in [0.3, 0.4) is 0 Å². The first-order valence-corrected chi connectivity index (χ1v) is 10.5. The molecule has 0 fully saturated rings. The maximum absolute atomic E-state index is 3.77. The van der Waals surface area contributed by atoms with Gasteiger partial charge in [-0.25, -0.2) is 0 Å². The molecule has 0 saturated carbocycles. The third-order valence-electron chi connectivity index (χ3n) is 4.00. The lowest BCUT2D eigenvalue weighted by molar-refractivity contribution is 0.617. The van der Waals surface area contributed by atoms with E-state index in [0.717, 1.165) is 0 Å². The fraction of sp³-hybridized carbons (Fsp3) is 0.750. The zero-order valence-corrected chi connectivity index (χ0v) is 21.0. The monoisotopic (exact) mass is 390 g/mol. The van der Waals surface area contributed by atoms with Gasteiger partial charge in [0.25, 0.3) is 0 Å². The molecule has 162 valence electrons. The highest BCUT2D eigenvalue weighted by Crippen LogP contribution is 2.45. The lowest BCUT2D eigenvalue weighted by Crippen LogP contribution is -2.34. The Morgan fingerprint density at radius 2 is 0.500 bits per heavy atom. The average molecular weight is 391 g/mol. The largest absolute Gasteiger partial charge is 0.378 e. The molecule has 4 nitrogen and oxygen atoms in total. The van der Waals surface area contributed by atoms with Gasteiger partial charge in [-0.2, -0.15) is 0 Å². The molecule has 0 aromatic heterocycles. The molecule has 0 aliphatic carbocycles. The van der Waals surface area contributed by atoms with Crippen LogP contribution in [0.1, 0.15) is 94.2 Å². The molecule has 0 aliphatic heterocycles. The smallest absolute Gasteiger partial charge is 0.0634 e. The molecule has 4 heteroatoms. The average Bonchev–Trinajstić information content (AvgIpc) is 2.39. The summed E-state index contributed by atoms with van der Waals surface area (Å²) in [5.41, 5.74) is 7.00. The van der Waals surface area contributed by atoms with E-state index in [0.29, 0.717) is 0 Å². The molecular weight excluding hydrogens is 344 g/mol. The lowest BCUT2D eigenvalue weighted by atomic mass is 9.94. The van der Waals surface area contributed by atoms with Gasteiger partial charge in [0, 0.05) is 22.2 Å². The normalized spacial score (nSPS) is 13.4. The first kappa shape index (κ1) is 24.5. The molecule has 0 saturated heterocycles. The van der Waals surface area contributed by atoms with Crippen molar-refractivity contribution in [1.29, 1.82) is 0 Å². The maximum Gasteiger partial charge on any atom is 0.0634 e. The molecular formula is C24H46N4. The summed E-state index contributed by atoms with van der Waals surface area (Å²) in [6, 6.07) is 0. The molecule has 1 aromatic carbocycles. The van der Waals surface area contributed by atoms with Crippen molar-refractivity contribution >= 4 is 22.7 Å². The SMILES string of the molecule is Cc1c(NC(C)(C)C)c(NC(C)(C)C)c(C)c(NC(C)(C)C)c1NC(C)(C)C. The Balaban J connectivity index is 3.87. The molecule has 28 heavy (non-hydrogen) atoms. The molecule has 0 spiro atoms. The highest BCUT2D eigenvalue weighted by Gasteiger charge is 2.28.